The molecule has 1 aromatic rings. The summed E-state index contributed by atoms with van der Waals surface area (Å²) in [6, 6.07) is 2.91. The van der Waals surface area contributed by atoms with E-state index in [1.165, 1.54) is 23.2 Å². The van der Waals surface area contributed by atoms with Gasteiger partial charge in [-0.3, -0.25) is 0 Å². The van der Waals surface area contributed by atoms with E-state index in [0.717, 1.165) is 19.3 Å². The van der Waals surface area contributed by atoms with Crippen molar-refractivity contribution in [1.82, 2.24) is 9.88 Å². The van der Waals surface area contributed by atoms with Gasteiger partial charge in [0.15, 0.2) is 0 Å². The van der Waals surface area contributed by atoms with E-state index < -0.39 is 16.1 Å². The Morgan fingerprint density at radius 3 is 2.72 bits per heavy atom. The standard InChI is InChI=1S/C17H23N3O4S/c1-17(2)10-13(12-20(17)16(21)22)6-4-3-5-7-14-8-9-15(11-19-14)25(18,23)24/h8-9,11,13H,3-4,6,10,12H2,1-2H3,(H,21,22)(H2,18,23,24)/t13-/m0/s1. The molecular weight excluding hydrogens is 342 g/mol. The van der Waals surface area contributed by atoms with Crippen LogP contribution in [0, 0.1) is 17.8 Å². The lowest BCUT2D eigenvalue weighted by Gasteiger charge is -2.28. The maximum atomic E-state index is 11.2. The van der Waals surface area contributed by atoms with E-state index in [-0.39, 0.29) is 10.4 Å². The van der Waals surface area contributed by atoms with E-state index >= 15 is 0 Å². The van der Waals surface area contributed by atoms with Gasteiger partial charge >= 0.3 is 6.09 Å². The summed E-state index contributed by atoms with van der Waals surface area (Å²) in [6.45, 7) is 4.49. The average Bonchev–Trinajstić information content (AvgIpc) is 2.81. The van der Waals surface area contributed by atoms with Crippen molar-refractivity contribution in [2.75, 3.05) is 6.54 Å². The summed E-state index contributed by atoms with van der Waals surface area (Å²) in [7, 11) is -3.73. The number of carbonyl (C=O) groups is 1. The van der Waals surface area contributed by atoms with Gasteiger partial charge in [0.25, 0.3) is 0 Å². The van der Waals surface area contributed by atoms with Crippen LogP contribution in [0.5, 0.6) is 0 Å². The molecular formula is C17H23N3O4S. The van der Waals surface area contributed by atoms with Crippen LogP contribution in [0.3, 0.4) is 0 Å². The fourth-order valence-electron chi connectivity index (χ4n) is 3.17. The number of likely N-dealkylation sites (tertiary alicyclic amines) is 1. The molecule has 0 bridgehead atoms. The van der Waals surface area contributed by atoms with Crippen molar-refractivity contribution in [3.63, 3.8) is 0 Å². The van der Waals surface area contributed by atoms with Gasteiger partial charge in [0.1, 0.15) is 10.6 Å². The van der Waals surface area contributed by atoms with Gasteiger partial charge in [-0.25, -0.2) is 23.3 Å². The Bertz CT molecular complexity index is 791. The van der Waals surface area contributed by atoms with Crippen molar-refractivity contribution in [3.8, 4) is 11.8 Å². The van der Waals surface area contributed by atoms with Crippen LogP contribution in [0.25, 0.3) is 0 Å². The minimum atomic E-state index is -3.73. The number of hydrogen-bond donors (Lipinski definition) is 2. The van der Waals surface area contributed by atoms with Crippen molar-refractivity contribution in [3.05, 3.63) is 24.0 Å². The molecule has 1 fully saturated rings. The monoisotopic (exact) mass is 365 g/mol. The fraction of sp³-hybridized carbons (Fsp3) is 0.529. The second-order valence-corrected chi connectivity index (χ2v) is 8.46. The van der Waals surface area contributed by atoms with Crippen LogP contribution in [-0.2, 0) is 10.0 Å². The Balaban J connectivity index is 1.81. The Morgan fingerprint density at radius 1 is 1.48 bits per heavy atom. The Morgan fingerprint density at radius 2 is 2.20 bits per heavy atom. The van der Waals surface area contributed by atoms with E-state index in [9.17, 15) is 18.3 Å². The zero-order valence-corrected chi connectivity index (χ0v) is 15.2. The number of carboxylic acid groups (broad SMARTS) is 1. The lowest BCUT2D eigenvalue weighted by atomic mass is 9.93. The molecule has 3 N–H and O–H groups in total. The molecule has 1 aliphatic rings. The molecule has 1 aromatic heterocycles. The van der Waals surface area contributed by atoms with Gasteiger partial charge in [-0.2, -0.15) is 0 Å². The average molecular weight is 365 g/mol. The van der Waals surface area contributed by atoms with Crippen molar-refractivity contribution in [1.29, 1.82) is 0 Å². The summed E-state index contributed by atoms with van der Waals surface area (Å²) in [5.74, 6) is 6.27. The molecule has 0 saturated carbocycles. The second kappa shape index (κ2) is 7.42. The molecule has 0 aromatic carbocycles. The molecule has 0 unspecified atom stereocenters. The first kappa shape index (κ1) is 19.2. The molecule has 1 aliphatic heterocycles. The maximum absolute atomic E-state index is 11.2. The predicted molar refractivity (Wildman–Crippen MR) is 93.3 cm³/mol. The van der Waals surface area contributed by atoms with E-state index in [2.05, 4.69) is 16.8 Å². The van der Waals surface area contributed by atoms with Crippen LogP contribution in [-0.4, -0.2) is 41.6 Å². The first-order chi connectivity index (χ1) is 11.6. The van der Waals surface area contributed by atoms with E-state index in [4.69, 9.17) is 5.14 Å². The lowest BCUT2D eigenvalue weighted by Crippen LogP contribution is -2.41. The highest BCUT2D eigenvalue weighted by Gasteiger charge is 2.40. The predicted octanol–water partition coefficient (Wildman–Crippen LogP) is 2.03. The summed E-state index contributed by atoms with van der Waals surface area (Å²) in [6.07, 6.45) is 3.70. The van der Waals surface area contributed by atoms with Crippen molar-refractivity contribution in [2.24, 2.45) is 11.1 Å². The number of nitrogens with two attached hydrogens (primary N) is 1. The summed E-state index contributed by atoms with van der Waals surface area (Å²) in [5, 5.41) is 14.2. The number of amides is 1. The Hall–Kier alpha value is -2.11. The molecule has 2 rings (SSSR count). The molecule has 0 spiro atoms. The van der Waals surface area contributed by atoms with Gasteiger partial charge in [-0.15, -0.1) is 0 Å². The molecule has 2 heterocycles. The number of nitrogens with zero attached hydrogens (tertiary/aromatic N) is 2. The van der Waals surface area contributed by atoms with Crippen LogP contribution in [0.2, 0.25) is 0 Å². The number of rotatable bonds is 4. The minimum Gasteiger partial charge on any atom is -0.465 e. The fourth-order valence-corrected chi connectivity index (χ4v) is 3.63. The van der Waals surface area contributed by atoms with Crippen LogP contribution < -0.4 is 5.14 Å². The summed E-state index contributed by atoms with van der Waals surface area (Å²) < 4.78 is 22.3. The Kier molecular flexibility index (Phi) is 5.70. The van der Waals surface area contributed by atoms with E-state index in [0.29, 0.717) is 24.6 Å². The molecule has 7 nitrogen and oxygen atoms in total. The summed E-state index contributed by atoms with van der Waals surface area (Å²) in [4.78, 5) is 16.7. The van der Waals surface area contributed by atoms with E-state index in [1.807, 2.05) is 13.8 Å². The van der Waals surface area contributed by atoms with Crippen molar-refractivity contribution >= 4 is 16.1 Å². The van der Waals surface area contributed by atoms with Gasteiger partial charge < -0.3 is 10.0 Å². The van der Waals surface area contributed by atoms with Crippen molar-refractivity contribution < 1.29 is 18.3 Å². The Labute approximate surface area is 148 Å². The van der Waals surface area contributed by atoms with Crippen LogP contribution in [0.15, 0.2) is 23.2 Å². The highest BCUT2D eigenvalue weighted by molar-refractivity contribution is 7.89. The minimum absolute atomic E-state index is 0.0371. The third-order valence-corrected chi connectivity index (χ3v) is 5.28. The van der Waals surface area contributed by atoms with Crippen molar-refractivity contribution in [2.45, 2.75) is 50.0 Å². The molecule has 0 aliphatic carbocycles. The number of primary sulfonamides is 1. The highest BCUT2D eigenvalue weighted by Crippen LogP contribution is 2.35. The molecule has 0 radical (unpaired) electrons. The van der Waals surface area contributed by atoms with Gasteiger partial charge in [-0.1, -0.05) is 5.92 Å². The zero-order valence-electron chi connectivity index (χ0n) is 14.4. The normalized spacial score (nSPS) is 19.3. The number of hydrogen-bond acceptors (Lipinski definition) is 4. The maximum Gasteiger partial charge on any atom is 0.407 e. The van der Waals surface area contributed by atoms with Crippen LogP contribution in [0.1, 0.15) is 45.2 Å². The lowest BCUT2D eigenvalue weighted by molar-refractivity contribution is 0.117. The third kappa shape index (κ3) is 5.18. The first-order valence-electron chi connectivity index (χ1n) is 8.08. The largest absolute Gasteiger partial charge is 0.465 e. The molecule has 8 heteroatoms. The molecule has 1 atom stereocenters. The second-order valence-electron chi connectivity index (χ2n) is 6.89. The number of pyridine rings is 1. The number of unbranched alkanes of at least 4 members (excludes halogenated alkanes) is 1. The SMILES string of the molecule is CC1(C)C[C@H](CCCC#Cc2ccc(S(N)(=O)=O)cn2)CN1C(=O)O. The van der Waals surface area contributed by atoms with E-state index in [1.54, 1.807) is 0 Å². The number of sulfonamides is 1. The van der Waals surface area contributed by atoms with Crippen LogP contribution >= 0.6 is 0 Å². The van der Waals surface area contributed by atoms with Gasteiger partial charge in [0.2, 0.25) is 10.0 Å². The molecule has 136 valence electrons. The smallest absolute Gasteiger partial charge is 0.407 e. The topological polar surface area (TPSA) is 114 Å². The van der Waals surface area contributed by atoms with Gasteiger partial charge in [0.05, 0.1) is 0 Å². The highest BCUT2D eigenvalue weighted by atomic mass is 32.2. The van der Waals surface area contributed by atoms with Gasteiger partial charge in [0, 0.05) is 24.7 Å². The quantitative estimate of drug-likeness (QED) is 0.626. The first-order valence-corrected chi connectivity index (χ1v) is 9.62. The number of aromatic nitrogens is 1. The summed E-state index contributed by atoms with van der Waals surface area (Å²) >= 11 is 0. The van der Waals surface area contributed by atoms with Crippen LogP contribution in [0.4, 0.5) is 4.79 Å². The molecule has 1 saturated heterocycles. The third-order valence-electron chi connectivity index (χ3n) is 4.39. The molecule has 25 heavy (non-hydrogen) atoms. The molecule has 1 amide bonds. The zero-order chi connectivity index (χ0) is 18.7. The summed E-state index contributed by atoms with van der Waals surface area (Å²) in [5.41, 5.74) is 0.184. The van der Waals surface area contributed by atoms with Gasteiger partial charge in [-0.05, 0) is 57.1 Å².